The first kappa shape index (κ1) is 11.3. The van der Waals surface area contributed by atoms with Crippen LogP contribution in [0.15, 0.2) is 24.3 Å². The first-order valence-corrected chi connectivity index (χ1v) is 5.69. The fraction of sp³-hybridized carbons (Fsp3) is 0.538. The molecule has 1 heterocycles. The van der Waals surface area contributed by atoms with Gasteiger partial charge >= 0.3 is 0 Å². The summed E-state index contributed by atoms with van der Waals surface area (Å²) in [5, 5.41) is 10.5. The number of hydrogen-bond donors (Lipinski definition) is 1. The molecular weight excluding hydrogens is 202 g/mol. The lowest BCUT2D eigenvalue weighted by atomic mass is 10.0. The van der Waals surface area contributed by atoms with Crippen LogP contribution in [0.5, 0.6) is 5.75 Å². The van der Waals surface area contributed by atoms with Gasteiger partial charge in [-0.25, -0.2) is 0 Å². The smallest absolute Gasteiger partial charge is 0.292 e. The Morgan fingerprint density at radius 1 is 1.31 bits per heavy atom. The van der Waals surface area contributed by atoms with E-state index < -0.39 is 5.91 Å². The first-order chi connectivity index (χ1) is 7.38. The minimum Gasteiger partial charge on any atom is -0.442 e. The van der Waals surface area contributed by atoms with Crippen molar-refractivity contribution in [3.63, 3.8) is 0 Å². The molecule has 0 spiro atoms. The Morgan fingerprint density at radius 3 is 2.50 bits per heavy atom. The van der Waals surface area contributed by atoms with Gasteiger partial charge in [0.25, 0.3) is 5.91 Å². The maximum atomic E-state index is 10.5. The summed E-state index contributed by atoms with van der Waals surface area (Å²) in [4.78, 5) is 1.94. The Labute approximate surface area is 96.6 Å². The highest BCUT2D eigenvalue weighted by atomic mass is 16.7. The topological polar surface area (TPSA) is 32.7 Å². The molecule has 0 saturated carbocycles. The number of ether oxygens (including phenoxy) is 1. The van der Waals surface area contributed by atoms with Crippen LogP contribution < -0.4 is 9.64 Å². The third-order valence-electron chi connectivity index (χ3n) is 2.86. The van der Waals surface area contributed by atoms with Crippen LogP contribution in [0.3, 0.4) is 0 Å². The predicted octanol–water partition coefficient (Wildman–Crippen LogP) is 2.74. The van der Waals surface area contributed by atoms with Crippen LogP contribution in [0.1, 0.15) is 34.1 Å². The number of para-hydroxylation sites is 2. The van der Waals surface area contributed by atoms with Crippen LogP contribution in [0.2, 0.25) is 0 Å². The molecular formula is C13H19NO2. The van der Waals surface area contributed by atoms with Crippen LogP contribution in [0, 0.1) is 0 Å². The highest BCUT2D eigenvalue weighted by Crippen LogP contribution is 2.45. The standard InChI is InChI=1S/C13H19NO2/c1-5-13(15)14(12(2,3)4)10-8-6-7-9-11(10)16-13/h6-9,15H,5H2,1-4H3. The van der Waals surface area contributed by atoms with E-state index in [0.29, 0.717) is 6.42 Å². The van der Waals surface area contributed by atoms with E-state index in [4.69, 9.17) is 4.74 Å². The van der Waals surface area contributed by atoms with Gasteiger partial charge in [0.1, 0.15) is 5.75 Å². The minimum absolute atomic E-state index is 0.183. The van der Waals surface area contributed by atoms with Crippen molar-refractivity contribution in [2.75, 3.05) is 4.90 Å². The zero-order chi connectivity index (χ0) is 12.0. The van der Waals surface area contributed by atoms with Gasteiger partial charge in [0, 0.05) is 12.0 Å². The van der Waals surface area contributed by atoms with E-state index in [1.54, 1.807) is 0 Å². The van der Waals surface area contributed by atoms with E-state index in [2.05, 4.69) is 20.8 Å². The van der Waals surface area contributed by atoms with Crippen LogP contribution in [0.4, 0.5) is 5.69 Å². The fourth-order valence-corrected chi connectivity index (χ4v) is 2.25. The van der Waals surface area contributed by atoms with E-state index in [1.165, 1.54) is 0 Å². The number of anilines is 1. The van der Waals surface area contributed by atoms with Crippen LogP contribution in [-0.4, -0.2) is 16.6 Å². The number of nitrogens with zero attached hydrogens (tertiary/aromatic N) is 1. The zero-order valence-electron chi connectivity index (χ0n) is 10.3. The maximum absolute atomic E-state index is 10.5. The summed E-state index contributed by atoms with van der Waals surface area (Å²) in [6.45, 7) is 8.13. The Hall–Kier alpha value is -1.22. The molecule has 0 aromatic heterocycles. The van der Waals surface area contributed by atoms with Crippen molar-refractivity contribution >= 4 is 5.69 Å². The summed E-state index contributed by atoms with van der Waals surface area (Å²) in [6, 6.07) is 7.75. The summed E-state index contributed by atoms with van der Waals surface area (Å²) in [5.74, 6) is -0.469. The van der Waals surface area contributed by atoms with Crippen molar-refractivity contribution in [3.05, 3.63) is 24.3 Å². The molecule has 2 rings (SSSR count). The minimum atomic E-state index is -1.22. The summed E-state index contributed by atoms with van der Waals surface area (Å²) in [6.07, 6.45) is 0.527. The molecule has 0 amide bonds. The van der Waals surface area contributed by atoms with E-state index >= 15 is 0 Å². The largest absolute Gasteiger partial charge is 0.442 e. The Bertz CT molecular complexity index is 397. The molecule has 0 saturated heterocycles. The molecule has 88 valence electrons. The average Bonchev–Trinajstić information content (AvgIpc) is 2.50. The third kappa shape index (κ3) is 1.55. The molecule has 16 heavy (non-hydrogen) atoms. The summed E-state index contributed by atoms with van der Waals surface area (Å²) >= 11 is 0. The normalized spacial score (nSPS) is 24.2. The molecule has 0 bridgehead atoms. The number of fused-ring (bicyclic) bond motifs is 1. The molecule has 1 aromatic rings. The molecule has 1 aliphatic heterocycles. The van der Waals surface area contributed by atoms with E-state index in [9.17, 15) is 5.11 Å². The van der Waals surface area contributed by atoms with Gasteiger partial charge in [-0.2, -0.15) is 0 Å². The predicted molar refractivity (Wildman–Crippen MR) is 64.5 cm³/mol. The molecule has 1 N–H and O–H groups in total. The molecule has 3 heteroatoms. The molecule has 1 atom stereocenters. The fourth-order valence-electron chi connectivity index (χ4n) is 2.25. The van der Waals surface area contributed by atoms with Gasteiger partial charge < -0.3 is 14.7 Å². The number of benzene rings is 1. The second kappa shape index (κ2) is 3.39. The van der Waals surface area contributed by atoms with Crippen molar-refractivity contribution in [2.45, 2.75) is 45.6 Å². The Balaban J connectivity index is 2.53. The molecule has 0 aliphatic carbocycles. The van der Waals surface area contributed by atoms with Crippen molar-refractivity contribution in [2.24, 2.45) is 0 Å². The van der Waals surface area contributed by atoms with Gasteiger partial charge in [-0.15, -0.1) is 0 Å². The van der Waals surface area contributed by atoms with Crippen molar-refractivity contribution in [1.29, 1.82) is 0 Å². The Morgan fingerprint density at radius 2 is 1.94 bits per heavy atom. The Kier molecular flexibility index (Phi) is 2.39. The lowest BCUT2D eigenvalue weighted by Crippen LogP contribution is -2.57. The van der Waals surface area contributed by atoms with Crippen LogP contribution >= 0.6 is 0 Å². The second-order valence-corrected chi connectivity index (χ2v) is 5.17. The molecule has 1 unspecified atom stereocenters. The van der Waals surface area contributed by atoms with Crippen molar-refractivity contribution in [3.8, 4) is 5.75 Å². The van der Waals surface area contributed by atoms with Gasteiger partial charge in [-0.05, 0) is 32.9 Å². The highest BCUT2D eigenvalue weighted by molar-refractivity contribution is 5.64. The molecule has 0 fully saturated rings. The van der Waals surface area contributed by atoms with E-state index in [1.807, 2.05) is 36.1 Å². The lowest BCUT2D eigenvalue weighted by Gasteiger charge is -2.41. The SMILES string of the molecule is CCC1(O)Oc2ccccc2N1C(C)(C)C. The van der Waals surface area contributed by atoms with Gasteiger partial charge in [0.15, 0.2) is 0 Å². The number of hydrogen-bond acceptors (Lipinski definition) is 3. The van der Waals surface area contributed by atoms with Gasteiger partial charge in [0.2, 0.25) is 0 Å². The monoisotopic (exact) mass is 221 g/mol. The first-order valence-electron chi connectivity index (χ1n) is 5.69. The second-order valence-electron chi connectivity index (χ2n) is 5.17. The molecule has 1 aromatic carbocycles. The zero-order valence-corrected chi connectivity index (χ0v) is 10.3. The average molecular weight is 221 g/mol. The quantitative estimate of drug-likeness (QED) is 0.791. The lowest BCUT2D eigenvalue weighted by molar-refractivity contribution is -0.135. The van der Waals surface area contributed by atoms with Gasteiger partial charge in [-0.1, -0.05) is 19.1 Å². The van der Waals surface area contributed by atoms with Crippen LogP contribution in [-0.2, 0) is 0 Å². The molecule has 3 nitrogen and oxygen atoms in total. The summed E-state index contributed by atoms with van der Waals surface area (Å²) in [7, 11) is 0. The number of rotatable bonds is 1. The summed E-state index contributed by atoms with van der Waals surface area (Å²) in [5.41, 5.74) is 0.775. The molecule has 0 radical (unpaired) electrons. The van der Waals surface area contributed by atoms with Gasteiger partial charge in [0.05, 0.1) is 5.69 Å². The van der Waals surface area contributed by atoms with E-state index in [-0.39, 0.29) is 5.54 Å². The third-order valence-corrected chi connectivity index (χ3v) is 2.86. The molecule has 1 aliphatic rings. The summed E-state index contributed by atoms with van der Waals surface area (Å²) < 4.78 is 5.66. The van der Waals surface area contributed by atoms with Crippen LogP contribution in [0.25, 0.3) is 0 Å². The van der Waals surface area contributed by atoms with Crippen molar-refractivity contribution in [1.82, 2.24) is 0 Å². The maximum Gasteiger partial charge on any atom is 0.292 e. The van der Waals surface area contributed by atoms with Gasteiger partial charge in [-0.3, -0.25) is 0 Å². The van der Waals surface area contributed by atoms with E-state index in [0.717, 1.165) is 11.4 Å². The van der Waals surface area contributed by atoms with Crippen molar-refractivity contribution < 1.29 is 9.84 Å². The highest BCUT2D eigenvalue weighted by Gasteiger charge is 2.47. The number of aliphatic hydroxyl groups is 1.